The van der Waals surface area contributed by atoms with Gasteiger partial charge >= 0.3 is 11.9 Å². The Bertz CT molecular complexity index is 1230. The second-order valence-corrected chi connectivity index (χ2v) is 13.7. The van der Waals surface area contributed by atoms with Crippen molar-refractivity contribution in [3.8, 4) is 23.0 Å². The number of phenols is 1. The predicted octanol–water partition coefficient (Wildman–Crippen LogP) is 10.5. The first-order valence-corrected chi connectivity index (χ1v) is 17.7. The molecule has 2 saturated carbocycles. The van der Waals surface area contributed by atoms with Crippen molar-refractivity contribution < 1.29 is 38.4 Å². The minimum absolute atomic E-state index is 0.0273. The van der Waals surface area contributed by atoms with E-state index in [4.69, 9.17) is 23.7 Å². The maximum Gasteiger partial charge on any atom is 0.308 e. The van der Waals surface area contributed by atoms with Crippen LogP contribution in [0.4, 0.5) is 0 Å². The van der Waals surface area contributed by atoms with E-state index in [1.807, 2.05) is 6.92 Å². The molecule has 0 amide bonds. The van der Waals surface area contributed by atoms with Gasteiger partial charge in [0.2, 0.25) is 0 Å². The molecule has 2 aromatic carbocycles. The van der Waals surface area contributed by atoms with Gasteiger partial charge < -0.3 is 28.8 Å². The fraction of sp³-hybridized carbons (Fsp3) is 0.500. The highest BCUT2D eigenvalue weighted by Crippen LogP contribution is 2.37. The molecule has 1 unspecified atom stereocenters. The van der Waals surface area contributed by atoms with E-state index in [1.54, 1.807) is 24.5 Å². The maximum absolute atomic E-state index is 11.1. The van der Waals surface area contributed by atoms with E-state index in [0.29, 0.717) is 36.8 Å². The fourth-order valence-corrected chi connectivity index (χ4v) is 6.84. The van der Waals surface area contributed by atoms with Crippen molar-refractivity contribution in [3.63, 3.8) is 0 Å². The summed E-state index contributed by atoms with van der Waals surface area (Å²) >= 11 is 13.1. The highest BCUT2D eigenvalue weighted by Gasteiger charge is 2.19. The zero-order valence-electron chi connectivity index (χ0n) is 25.2. The molecular weight excluding hydrogens is 832 g/mol. The third-order valence-electron chi connectivity index (χ3n) is 6.57. The molecule has 0 aliphatic heterocycles. The first kappa shape index (κ1) is 38.6. The van der Waals surface area contributed by atoms with E-state index in [-0.39, 0.29) is 24.1 Å². The second kappa shape index (κ2) is 20.5. The van der Waals surface area contributed by atoms with Gasteiger partial charge in [-0.3, -0.25) is 9.59 Å². The third-order valence-corrected chi connectivity index (χ3v) is 9.06. The average Bonchev–Trinajstić information content (AvgIpc) is 2.96. The number of carbonyl (C=O) groups excluding carboxylic acids is 2. The summed E-state index contributed by atoms with van der Waals surface area (Å²) in [4.78, 5) is 21.8. The molecule has 4 rings (SSSR count). The van der Waals surface area contributed by atoms with Gasteiger partial charge in [-0.1, -0.05) is 32.3 Å². The maximum atomic E-state index is 11.1. The molecule has 2 aromatic rings. The number of carbonyl (C=O) groups is 2. The van der Waals surface area contributed by atoms with E-state index in [2.05, 4.69) is 70.3 Å². The summed E-state index contributed by atoms with van der Waals surface area (Å²) in [5.41, 5.74) is 0. The van der Waals surface area contributed by atoms with E-state index < -0.39 is 5.97 Å². The van der Waals surface area contributed by atoms with Gasteiger partial charge in [0.25, 0.3) is 0 Å². The van der Waals surface area contributed by atoms with Gasteiger partial charge in [-0.25, -0.2) is 0 Å². The van der Waals surface area contributed by atoms with E-state index in [1.165, 1.54) is 71.3 Å². The van der Waals surface area contributed by atoms with Gasteiger partial charge in [-0.2, -0.15) is 0 Å². The molecule has 2 aliphatic carbocycles. The Hall–Kier alpha value is -1.60. The topological polar surface area (TPSA) is 101 Å². The zero-order valence-corrected chi connectivity index (χ0v) is 31.6. The van der Waals surface area contributed by atoms with Gasteiger partial charge in [0.1, 0.15) is 23.0 Å². The minimum Gasteiger partial charge on any atom is -0.507 e. The zero-order chi connectivity index (χ0) is 32.6. The molecular formula is C32H40Br4O8. The van der Waals surface area contributed by atoms with E-state index in [9.17, 15) is 14.7 Å². The molecule has 0 heterocycles. The number of aromatic hydroxyl groups is 1. The number of benzene rings is 2. The molecule has 12 heteroatoms. The smallest absolute Gasteiger partial charge is 0.308 e. The SMILES string of the molecule is C=COC1CCCCC1.CC(=O)Oc1cc(O)c(Br)cc1Br.CC(=O)Oc1cc(OC(C)OC2CCCCC2)c(Br)cc1Br. The Labute approximate surface area is 293 Å². The highest BCUT2D eigenvalue weighted by atomic mass is 79.9. The Morgan fingerprint density at radius 1 is 0.750 bits per heavy atom. The molecule has 8 nitrogen and oxygen atoms in total. The summed E-state index contributed by atoms with van der Waals surface area (Å²) in [6.45, 7) is 8.08. The summed E-state index contributed by atoms with van der Waals surface area (Å²) < 4.78 is 29.6. The van der Waals surface area contributed by atoms with Crippen LogP contribution < -0.4 is 14.2 Å². The number of rotatable bonds is 8. The third kappa shape index (κ3) is 14.7. The van der Waals surface area contributed by atoms with Crippen LogP contribution in [0.5, 0.6) is 23.0 Å². The molecule has 1 atom stereocenters. The van der Waals surface area contributed by atoms with Gasteiger partial charge in [0, 0.05) is 26.0 Å². The van der Waals surface area contributed by atoms with Crippen LogP contribution in [0.15, 0.2) is 55.0 Å². The molecule has 44 heavy (non-hydrogen) atoms. The first-order chi connectivity index (χ1) is 20.9. The van der Waals surface area contributed by atoms with Crippen molar-refractivity contribution in [1.29, 1.82) is 0 Å². The minimum atomic E-state index is -0.428. The monoisotopic (exact) mass is 868 g/mol. The van der Waals surface area contributed by atoms with Crippen molar-refractivity contribution in [2.75, 3.05) is 0 Å². The lowest BCUT2D eigenvalue weighted by Gasteiger charge is -2.26. The largest absolute Gasteiger partial charge is 0.507 e. The normalized spacial score (nSPS) is 15.8. The second-order valence-electron chi connectivity index (χ2n) is 10.3. The number of esters is 2. The molecule has 2 fully saturated rings. The van der Waals surface area contributed by atoms with Crippen LogP contribution in [0.1, 0.15) is 85.0 Å². The van der Waals surface area contributed by atoms with Crippen LogP contribution in [-0.2, 0) is 19.1 Å². The summed E-state index contributed by atoms with van der Waals surface area (Å²) in [5, 5.41) is 9.28. The Morgan fingerprint density at radius 3 is 1.70 bits per heavy atom. The van der Waals surface area contributed by atoms with E-state index in [0.717, 1.165) is 17.3 Å². The number of ether oxygens (including phenoxy) is 5. The van der Waals surface area contributed by atoms with Crippen molar-refractivity contribution >= 4 is 75.7 Å². The van der Waals surface area contributed by atoms with E-state index >= 15 is 0 Å². The number of hydrogen-bond acceptors (Lipinski definition) is 8. The Balaban J connectivity index is 0.000000258. The quantitative estimate of drug-likeness (QED) is 0.121. The lowest BCUT2D eigenvalue weighted by molar-refractivity contribution is -0.132. The van der Waals surface area contributed by atoms with Crippen LogP contribution >= 0.6 is 63.7 Å². The summed E-state index contributed by atoms with van der Waals surface area (Å²) in [5.74, 6) is 0.536. The van der Waals surface area contributed by atoms with Crippen LogP contribution in [0, 0.1) is 0 Å². The summed E-state index contributed by atoms with van der Waals surface area (Å²) in [6, 6.07) is 6.43. The Kier molecular flexibility index (Phi) is 18.0. The van der Waals surface area contributed by atoms with Crippen molar-refractivity contribution in [2.45, 2.75) is 103 Å². The molecule has 2 aliphatic rings. The molecule has 0 radical (unpaired) electrons. The first-order valence-electron chi connectivity index (χ1n) is 14.5. The molecule has 0 bridgehead atoms. The number of halogens is 4. The van der Waals surface area contributed by atoms with Gasteiger partial charge in [0.05, 0.1) is 36.4 Å². The summed E-state index contributed by atoms with van der Waals surface area (Å²) in [7, 11) is 0. The van der Waals surface area contributed by atoms with Crippen LogP contribution in [-0.4, -0.2) is 35.5 Å². The predicted molar refractivity (Wildman–Crippen MR) is 184 cm³/mol. The fourth-order valence-electron chi connectivity index (χ4n) is 4.60. The lowest BCUT2D eigenvalue weighted by Crippen LogP contribution is -2.26. The Morgan fingerprint density at radius 2 is 1.20 bits per heavy atom. The van der Waals surface area contributed by atoms with Crippen molar-refractivity contribution in [2.24, 2.45) is 0 Å². The number of phenolic OH excluding ortho intramolecular Hbond substituents is 1. The van der Waals surface area contributed by atoms with Crippen molar-refractivity contribution in [3.05, 3.63) is 55.0 Å². The average molecular weight is 872 g/mol. The highest BCUT2D eigenvalue weighted by molar-refractivity contribution is 9.11. The molecule has 0 aromatic heterocycles. The van der Waals surface area contributed by atoms with Gasteiger partial charge in [0.15, 0.2) is 6.29 Å². The summed E-state index contributed by atoms with van der Waals surface area (Å²) in [6.07, 6.45) is 14.4. The molecule has 0 saturated heterocycles. The standard InChI is InChI=1S/C16H20Br2O4.C8H6Br2O3.C8H14O/c1-10(19)20-15-9-16(14(18)8-13(15)17)22-11(2)21-12-6-4-3-5-7-12;1-4(11)13-8-3-7(12)5(9)2-6(8)10;1-2-9-8-6-4-3-5-7-8/h8-9,11-12H,3-7H2,1-2H3;2-3,12H,1H3;2,8H,1,3-7H2. The molecule has 1 N–H and O–H groups in total. The molecule has 0 spiro atoms. The van der Waals surface area contributed by atoms with Crippen LogP contribution in [0.25, 0.3) is 0 Å². The number of hydrogen-bond donors (Lipinski definition) is 1. The van der Waals surface area contributed by atoms with Crippen molar-refractivity contribution in [1.82, 2.24) is 0 Å². The van der Waals surface area contributed by atoms with Crippen LogP contribution in [0.3, 0.4) is 0 Å². The lowest BCUT2D eigenvalue weighted by atomic mass is 9.98. The van der Waals surface area contributed by atoms with Gasteiger partial charge in [-0.15, -0.1) is 0 Å². The van der Waals surface area contributed by atoms with Gasteiger partial charge in [-0.05, 0) is 121 Å². The molecule has 244 valence electrons. The van der Waals surface area contributed by atoms with Crippen LogP contribution in [0.2, 0.25) is 0 Å².